The number of fused-ring (bicyclic) bond motifs is 1. The highest BCUT2D eigenvalue weighted by molar-refractivity contribution is 7.19. The molecule has 0 radical (unpaired) electrons. The second kappa shape index (κ2) is 6.24. The van der Waals surface area contributed by atoms with Gasteiger partial charge < -0.3 is 4.74 Å². The van der Waals surface area contributed by atoms with Crippen molar-refractivity contribution in [1.82, 2.24) is 5.43 Å². The number of nitrogens with one attached hydrogen (secondary N) is 1. The highest BCUT2D eigenvalue weighted by atomic mass is 32.1. The fourth-order valence-corrected chi connectivity index (χ4v) is 3.12. The van der Waals surface area contributed by atoms with Gasteiger partial charge in [0.15, 0.2) is 0 Å². The van der Waals surface area contributed by atoms with Gasteiger partial charge in [0.05, 0.1) is 6.04 Å². The van der Waals surface area contributed by atoms with Gasteiger partial charge in [-0.25, -0.2) is 4.39 Å². The molecule has 0 aliphatic heterocycles. The number of benzene rings is 1. The van der Waals surface area contributed by atoms with Crippen molar-refractivity contribution in [1.29, 1.82) is 0 Å². The molecule has 1 heterocycles. The second-order valence-corrected chi connectivity index (χ2v) is 5.30. The lowest BCUT2D eigenvalue weighted by Gasteiger charge is -2.13. The van der Waals surface area contributed by atoms with E-state index in [1.165, 1.54) is 6.07 Å². The summed E-state index contributed by atoms with van der Waals surface area (Å²) in [5.41, 5.74) is 2.81. The molecule has 0 amide bonds. The van der Waals surface area contributed by atoms with Crippen LogP contribution in [0.25, 0.3) is 10.1 Å². The standard InChI is InChI=1S/C13H17FN2OS/c1-17-6-2-3-11(16-15)13-7-9-4-5-10(14)8-12(9)18-13/h4-5,7-8,11,16H,2-3,6,15H2,1H3. The molecule has 0 saturated heterocycles. The van der Waals surface area contributed by atoms with Gasteiger partial charge in [-0.05, 0) is 36.4 Å². The lowest BCUT2D eigenvalue weighted by atomic mass is 10.1. The fourth-order valence-electron chi connectivity index (χ4n) is 1.94. The predicted molar refractivity (Wildman–Crippen MR) is 73.0 cm³/mol. The molecule has 2 rings (SSSR count). The molecule has 0 fully saturated rings. The summed E-state index contributed by atoms with van der Waals surface area (Å²) in [6.45, 7) is 0.720. The molecule has 0 aliphatic rings. The van der Waals surface area contributed by atoms with Crippen LogP contribution in [0.5, 0.6) is 0 Å². The SMILES string of the molecule is COCCCC(NN)c1cc2ccc(F)cc2s1. The van der Waals surface area contributed by atoms with Crippen molar-refractivity contribution >= 4 is 21.4 Å². The van der Waals surface area contributed by atoms with Crippen LogP contribution in [-0.2, 0) is 4.74 Å². The minimum Gasteiger partial charge on any atom is -0.385 e. The summed E-state index contributed by atoms with van der Waals surface area (Å²) >= 11 is 1.58. The molecule has 2 aromatic rings. The Hall–Kier alpha value is -1.01. The molecule has 3 nitrogen and oxygen atoms in total. The average Bonchev–Trinajstić information content (AvgIpc) is 2.77. The quantitative estimate of drug-likeness (QED) is 0.481. The summed E-state index contributed by atoms with van der Waals surface area (Å²) in [4.78, 5) is 1.13. The van der Waals surface area contributed by atoms with Gasteiger partial charge in [-0.2, -0.15) is 0 Å². The molecule has 0 spiro atoms. The van der Waals surface area contributed by atoms with Crippen molar-refractivity contribution in [2.45, 2.75) is 18.9 Å². The summed E-state index contributed by atoms with van der Waals surface area (Å²) in [6.07, 6.45) is 1.84. The molecule has 1 aromatic heterocycles. The molecule has 0 aliphatic carbocycles. The Morgan fingerprint density at radius 3 is 3.00 bits per heavy atom. The first-order chi connectivity index (χ1) is 8.74. The fraction of sp³-hybridized carbons (Fsp3) is 0.385. The van der Waals surface area contributed by atoms with E-state index in [-0.39, 0.29) is 11.9 Å². The van der Waals surface area contributed by atoms with Crippen molar-refractivity contribution in [3.8, 4) is 0 Å². The molecule has 0 saturated carbocycles. The summed E-state index contributed by atoms with van der Waals surface area (Å²) in [7, 11) is 1.69. The van der Waals surface area contributed by atoms with Crippen LogP contribution in [0, 0.1) is 5.82 Å². The Morgan fingerprint density at radius 2 is 2.28 bits per heavy atom. The van der Waals surface area contributed by atoms with E-state index >= 15 is 0 Å². The molecule has 1 aromatic carbocycles. The number of thiophene rings is 1. The third kappa shape index (κ3) is 3.05. The minimum atomic E-state index is -0.201. The van der Waals surface area contributed by atoms with Crippen LogP contribution in [0.2, 0.25) is 0 Å². The Kier molecular flexibility index (Phi) is 4.66. The van der Waals surface area contributed by atoms with E-state index in [1.54, 1.807) is 30.6 Å². The van der Waals surface area contributed by atoms with Crippen molar-refractivity contribution in [3.63, 3.8) is 0 Å². The zero-order valence-electron chi connectivity index (χ0n) is 10.3. The van der Waals surface area contributed by atoms with Crippen molar-refractivity contribution in [2.24, 2.45) is 5.84 Å². The maximum Gasteiger partial charge on any atom is 0.124 e. The molecule has 5 heteroatoms. The van der Waals surface area contributed by atoms with Gasteiger partial charge in [-0.15, -0.1) is 11.3 Å². The van der Waals surface area contributed by atoms with E-state index in [2.05, 4.69) is 11.5 Å². The zero-order chi connectivity index (χ0) is 13.0. The monoisotopic (exact) mass is 268 g/mol. The number of nitrogens with two attached hydrogens (primary N) is 1. The van der Waals surface area contributed by atoms with Gasteiger partial charge in [0.2, 0.25) is 0 Å². The van der Waals surface area contributed by atoms with E-state index in [9.17, 15) is 4.39 Å². The maximum atomic E-state index is 13.1. The van der Waals surface area contributed by atoms with Crippen LogP contribution in [-0.4, -0.2) is 13.7 Å². The summed E-state index contributed by atoms with van der Waals surface area (Å²) < 4.78 is 19.1. The largest absolute Gasteiger partial charge is 0.385 e. The topological polar surface area (TPSA) is 47.3 Å². The van der Waals surface area contributed by atoms with E-state index in [4.69, 9.17) is 10.6 Å². The molecular formula is C13H17FN2OS. The predicted octanol–water partition coefficient (Wildman–Crippen LogP) is 2.97. The first-order valence-electron chi connectivity index (χ1n) is 5.88. The normalized spacial score (nSPS) is 13.1. The van der Waals surface area contributed by atoms with Crippen LogP contribution >= 0.6 is 11.3 Å². The molecule has 3 N–H and O–H groups in total. The third-order valence-corrected chi connectivity index (χ3v) is 4.10. The first-order valence-corrected chi connectivity index (χ1v) is 6.70. The Labute approximate surface area is 110 Å². The van der Waals surface area contributed by atoms with Gasteiger partial charge >= 0.3 is 0 Å². The van der Waals surface area contributed by atoms with Crippen molar-refractivity contribution in [2.75, 3.05) is 13.7 Å². The number of hydrogen-bond donors (Lipinski definition) is 2. The van der Waals surface area contributed by atoms with Crippen LogP contribution in [0.1, 0.15) is 23.8 Å². The lowest BCUT2D eigenvalue weighted by molar-refractivity contribution is 0.189. The Bertz CT molecular complexity index is 515. The van der Waals surface area contributed by atoms with Gasteiger partial charge in [0, 0.05) is 23.3 Å². The summed E-state index contributed by atoms with van der Waals surface area (Å²) in [5.74, 6) is 5.38. The lowest BCUT2D eigenvalue weighted by Crippen LogP contribution is -2.27. The average molecular weight is 268 g/mol. The number of ether oxygens (including phenoxy) is 1. The summed E-state index contributed by atoms with van der Waals surface area (Å²) in [5, 5.41) is 1.06. The molecule has 18 heavy (non-hydrogen) atoms. The molecule has 1 unspecified atom stereocenters. The van der Waals surface area contributed by atoms with E-state index in [1.807, 2.05) is 0 Å². The molecule has 1 atom stereocenters. The van der Waals surface area contributed by atoms with Crippen molar-refractivity contribution in [3.05, 3.63) is 35.0 Å². The number of halogens is 1. The number of hydrazine groups is 1. The third-order valence-electron chi connectivity index (χ3n) is 2.89. The molecular weight excluding hydrogens is 251 g/mol. The summed E-state index contributed by atoms with van der Waals surface area (Å²) in [6, 6.07) is 7.01. The number of hydrogen-bond acceptors (Lipinski definition) is 4. The van der Waals surface area contributed by atoms with Crippen LogP contribution in [0.4, 0.5) is 4.39 Å². The first kappa shape index (κ1) is 13.4. The van der Waals surface area contributed by atoms with E-state index < -0.39 is 0 Å². The van der Waals surface area contributed by atoms with Gasteiger partial charge in [0.25, 0.3) is 0 Å². The highest BCUT2D eigenvalue weighted by Gasteiger charge is 2.13. The molecule has 0 bridgehead atoms. The number of methoxy groups -OCH3 is 1. The van der Waals surface area contributed by atoms with E-state index in [0.717, 1.165) is 34.4 Å². The van der Waals surface area contributed by atoms with Gasteiger partial charge in [-0.1, -0.05) is 6.07 Å². The van der Waals surface area contributed by atoms with Gasteiger partial charge in [-0.3, -0.25) is 11.3 Å². The maximum absolute atomic E-state index is 13.1. The Morgan fingerprint density at radius 1 is 1.44 bits per heavy atom. The highest BCUT2D eigenvalue weighted by Crippen LogP contribution is 2.31. The Balaban J connectivity index is 2.17. The zero-order valence-corrected chi connectivity index (χ0v) is 11.1. The van der Waals surface area contributed by atoms with Crippen LogP contribution < -0.4 is 11.3 Å². The van der Waals surface area contributed by atoms with E-state index in [0.29, 0.717) is 0 Å². The van der Waals surface area contributed by atoms with Crippen molar-refractivity contribution < 1.29 is 9.13 Å². The van der Waals surface area contributed by atoms with Gasteiger partial charge in [0.1, 0.15) is 5.82 Å². The molecule has 98 valence electrons. The smallest absolute Gasteiger partial charge is 0.124 e. The second-order valence-electron chi connectivity index (χ2n) is 4.19. The number of rotatable bonds is 6. The van der Waals surface area contributed by atoms with Crippen LogP contribution in [0.15, 0.2) is 24.3 Å². The van der Waals surface area contributed by atoms with Crippen LogP contribution in [0.3, 0.4) is 0 Å². The minimum absolute atomic E-state index is 0.0978.